The molecule has 23 heavy (non-hydrogen) atoms. The predicted octanol–water partition coefficient (Wildman–Crippen LogP) is 1.92. The Morgan fingerprint density at radius 1 is 1.30 bits per heavy atom. The standard InChI is InChI=1S/C15H15N3O3S2/c1-4-9-16-23(20,21)13-7-5-12(6-8-13)14(19)18-15-17-10(2)11(3)22-15/h1,5-8,16H,9H2,2-3H3,(H,17,18,19). The first-order valence-corrected chi connectivity index (χ1v) is 8.92. The molecule has 120 valence electrons. The molecule has 6 nitrogen and oxygen atoms in total. The van der Waals surface area contributed by atoms with Gasteiger partial charge in [-0.3, -0.25) is 10.1 Å². The summed E-state index contributed by atoms with van der Waals surface area (Å²) in [5.41, 5.74) is 1.21. The van der Waals surface area contributed by atoms with E-state index in [1.807, 2.05) is 13.8 Å². The van der Waals surface area contributed by atoms with Crippen molar-refractivity contribution in [2.45, 2.75) is 18.7 Å². The molecule has 8 heteroatoms. The van der Waals surface area contributed by atoms with Gasteiger partial charge in [0.25, 0.3) is 5.91 Å². The fraction of sp³-hybridized carbons (Fsp3) is 0.200. The van der Waals surface area contributed by atoms with Gasteiger partial charge in [0.05, 0.1) is 17.1 Å². The van der Waals surface area contributed by atoms with Crippen LogP contribution in [0.4, 0.5) is 5.13 Å². The SMILES string of the molecule is C#CCNS(=O)(=O)c1ccc(C(=O)Nc2nc(C)c(C)s2)cc1. The van der Waals surface area contributed by atoms with E-state index in [9.17, 15) is 13.2 Å². The van der Waals surface area contributed by atoms with E-state index in [2.05, 4.69) is 20.9 Å². The lowest BCUT2D eigenvalue weighted by Gasteiger charge is -2.05. The molecular formula is C15H15N3O3S2. The van der Waals surface area contributed by atoms with Crippen molar-refractivity contribution in [2.75, 3.05) is 11.9 Å². The quantitative estimate of drug-likeness (QED) is 0.807. The zero-order valence-corrected chi connectivity index (χ0v) is 14.2. The number of terminal acetylenes is 1. The van der Waals surface area contributed by atoms with Crippen molar-refractivity contribution in [3.8, 4) is 12.3 Å². The average Bonchev–Trinajstić information content (AvgIpc) is 2.83. The van der Waals surface area contributed by atoms with Crippen molar-refractivity contribution in [3.63, 3.8) is 0 Å². The van der Waals surface area contributed by atoms with E-state index in [1.54, 1.807) is 0 Å². The summed E-state index contributed by atoms with van der Waals surface area (Å²) < 4.78 is 26.0. The van der Waals surface area contributed by atoms with E-state index < -0.39 is 10.0 Å². The smallest absolute Gasteiger partial charge is 0.257 e. The molecule has 0 aliphatic rings. The highest BCUT2D eigenvalue weighted by Crippen LogP contribution is 2.21. The van der Waals surface area contributed by atoms with Gasteiger partial charge in [0.2, 0.25) is 10.0 Å². The molecule has 0 saturated carbocycles. The van der Waals surface area contributed by atoms with Crippen LogP contribution >= 0.6 is 11.3 Å². The van der Waals surface area contributed by atoms with Crippen LogP contribution in [0.2, 0.25) is 0 Å². The summed E-state index contributed by atoms with van der Waals surface area (Å²) in [6.45, 7) is 3.70. The number of aromatic nitrogens is 1. The summed E-state index contributed by atoms with van der Waals surface area (Å²) >= 11 is 1.39. The third kappa shape index (κ3) is 4.16. The van der Waals surface area contributed by atoms with Crippen LogP contribution in [0.5, 0.6) is 0 Å². The molecule has 1 heterocycles. The second-order valence-corrected chi connectivity index (χ2v) is 7.64. The molecule has 0 aliphatic carbocycles. The van der Waals surface area contributed by atoms with E-state index in [0.29, 0.717) is 10.7 Å². The fourth-order valence-electron chi connectivity index (χ4n) is 1.70. The van der Waals surface area contributed by atoms with Gasteiger partial charge in [-0.2, -0.15) is 4.72 Å². The van der Waals surface area contributed by atoms with Crippen LogP contribution in [-0.4, -0.2) is 25.9 Å². The lowest BCUT2D eigenvalue weighted by atomic mass is 10.2. The average molecular weight is 349 g/mol. The maximum Gasteiger partial charge on any atom is 0.257 e. The van der Waals surface area contributed by atoms with Crippen LogP contribution in [-0.2, 0) is 10.0 Å². The first-order valence-electron chi connectivity index (χ1n) is 6.62. The van der Waals surface area contributed by atoms with Gasteiger partial charge in [-0.15, -0.1) is 17.8 Å². The van der Waals surface area contributed by atoms with Crippen molar-refractivity contribution in [1.82, 2.24) is 9.71 Å². The Morgan fingerprint density at radius 2 is 1.96 bits per heavy atom. The van der Waals surface area contributed by atoms with Gasteiger partial charge in [0.1, 0.15) is 0 Å². The molecule has 2 rings (SSSR count). The maximum absolute atomic E-state index is 12.1. The largest absolute Gasteiger partial charge is 0.298 e. The van der Waals surface area contributed by atoms with E-state index in [4.69, 9.17) is 6.42 Å². The Bertz CT molecular complexity index is 843. The zero-order chi connectivity index (χ0) is 17.0. The minimum Gasteiger partial charge on any atom is -0.298 e. The highest BCUT2D eigenvalue weighted by Gasteiger charge is 2.15. The minimum atomic E-state index is -3.66. The Labute approximate surface area is 139 Å². The highest BCUT2D eigenvalue weighted by molar-refractivity contribution is 7.89. The molecule has 0 aliphatic heterocycles. The van der Waals surface area contributed by atoms with Gasteiger partial charge in [-0.05, 0) is 38.1 Å². The number of carbonyl (C=O) groups is 1. The number of aryl methyl sites for hydroxylation is 2. The van der Waals surface area contributed by atoms with E-state index >= 15 is 0 Å². The van der Waals surface area contributed by atoms with Crippen molar-refractivity contribution < 1.29 is 13.2 Å². The molecular weight excluding hydrogens is 334 g/mol. The molecule has 1 amide bonds. The molecule has 1 aromatic carbocycles. The Balaban J connectivity index is 2.13. The first-order chi connectivity index (χ1) is 10.8. The summed E-state index contributed by atoms with van der Waals surface area (Å²) in [7, 11) is -3.66. The van der Waals surface area contributed by atoms with Gasteiger partial charge in [0.15, 0.2) is 5.13 Å². The van der Waals surface area contributed by atoms with Crippen LogP contribution < -0.4 is 10.0 Å². The Morgan fingerprint density at radius 3 is 2.48 bits per heavy atom. The number of nitrogens with zero attached hydrogens (tertiary/aromatic N) is 1. The van der Waals surface area contributed by atoms with Gasteiger partial charge < -0.3 is 0 Å². The molecule has 2 N–H and O–H groups in total. The third-order valence-corrected chi connectivity index (χ3v) is 5.45. The van der Waals surface area contributed by atoms with Gasteiger partial charge in [-0.25, -0.2) is 13.4 Å². The lowest BCUT2D eigenvalue weighted by molar-refractivity contribution is 0.102. The van der Waals surface area contributed by atoms with Crippen molar-refractivity contribution >= 4 is 32.4 Å². The Hall–Kier alpha value is -2.21. The van der Waals surface area contributed by atoms with E-state index in [-0.39, 0.29) is 17.3 Å². The molecule has 0 spiro atoms. The zero-order valence-electron chi connectivity index (χ0n) is 12.6. The molecule has 0 unspecified atom stereocenters. The molecule has 0 fully saturated rings. The highest BCUT2D eigenvalue weighted by atomic mass is 32.2. The van der Waals surface area contributed by atoms with Gasteiger partial charge >= 0.3 is 0 Å². The first kappa shape index (κ1) is 17.1. The Kier molecular flexibility index (Phi) is 5.15. The van der Waals surface area contributed by atoms with Crippen molar-refractivity contribution in [3.05, 3.63) is 40.4 Å². The number of carbonyl (C=O) groups excluding carboxylic acids is 1. The fourth-order valence-corrected chi connectivity index (χ4v) is 3.45. The van der Waals surface area contributed by atoms with Crippen LogP contribution in [0, 0.1) is 26.2 Å². The normalized spacial score (nSPS) is 11.0. The number of hydrogen-bond donors (Lipinski definition) is 2. The van der Waals surface area contributed by atoms with Crippen molar-refractivity contribution in [1.29, 1.82) is 0 Å². The number of amides is 1. The molecule has 1 aromatic heterocycles. The second kappa shape index (κ2) is 6.91. The molecule has 0 radical (unpaired) electrons. The molecule has 0 saturated heterocycles. The second-order valence-electron chi connectivity index (χ2n) is 4.67. The van der Waals surface area contributed by atoms with Crippen molar-refractivity contribution in [2.24, 2.45) is 0 Å². The van der Waals surface area contributed by atoms with E-state index in [0.717, 1.165) is 10.6 Å². The van der Waals surface area contributed by atoms with E-state index in [1.165, 1.54) is 35.6 Å². The summed E-state index contributed by atoms with van der Waals surface area (Å²) in [4.78, 5) is 17.4. The topological polar surface area (TPSA) is 88.2 Å². The number of nitrogens with one attached hydrogen (secondary N) is 2. The number of rotatable bonds is 5. The minimum absolute atomic E-state index is 0.0465. The summed E-state index contributed by atoms with van der Waals surface area (Å²) in [6.07, 6.45) is 5.03. The van der Waals surface area contributed by atoms with Crippen LogP contribution in [0.1, 0.15) is 20.9 Å². The lowest BCUT2D eigenvalue weighted by Crippen LogP contribution is -2.24. The number of benzene rings is 1. The summed E-state index contributed by atoms with van der Waals surface area (Å²) in [5, 5.41) is 3.20. The number of hydrogen-bond acceptors (Lipinski definition) is 5. The predicted molar refractivity (Wildman–Crippen MR) is 90.0 cm³/mol. The van der Waals surface area contributed by atoms with Gasteiger partial charge in [0, 0.05) is 10.4 Å². The summed E-state index contributed by atoms with van der Waals surface area (Å²) in [6, 6.07) is 5.58. The third-order valence-electron chi connectivity index (χ3n) is 3.04. The maximum atomic E-state index is 12.1. The summed E-state index contributed by atoms with van der Waals surface area (Å²) in [5.74, 6) is 1.85. The molecule has 0 atom stereocenters. The number of anilines is 1. The molecule has 2 aromatic rings. The molecule has 0 bridgehead atoms. The van der Waals surface area contributed by atoms with Crippen LogP contribution in [0.25, 0.3) is 0 Å². The van der Waals surface area contributed by atoms with Crippen LogP contribution in [0.15, 0.2) is 29.2 Å². The number of thiazole rings is 1. The van der Waals surface area contributed by atoms with Gasteiger partial charge in [-0.1, -0.05) is 5.92 Å². The monoisotopic (exact) mass is 349 g/mol. The van der Waals surface area contributed by atoms with Crippen LogP contribution in [0.3, 0.4) is 0 Å². The number of sulfonamides is 1.